The second-order valence-corrected chi connectivity index (χ2v) is 5.33. The fourth-order valence-electron chi connectivity index (χ4n) is 2.31. The molecule has 2 aromatic heterocycles. The maximum absolute atomic E-state index is 12.2. The summed E-state index contributed by atoms with van der Waals surface area (Å²) in [7, 11) is 0. The molecule has 6 nitrogen and oxygen atoms in total. The summed E-state index contributed by atoms with van der Waals surface area (Å²) in [5, 5.41) is 24.1. The SMILES string of the molecule is Cc1nn2c(O)c(Cc3ccc(Cl)cc3)c(=O)[nH]c2c1C#N. The van der Waals surface area contributed by atoms with Crippen LogP contribution in [0.4, 0.5) is 0 Å². The summed E-state index contributed by atoms with van der Waals surface area (Å²) >= 11 is 5.83. The molecule has 0 bridgehead atoms. The van der Waals surface area contributed by atoms with Gasteiger partial charge in [0, 0.05) is 11.4 Å². The van der Waals surface area contributed by atoms with E-state index in [4.69, 9.17) is 16.9 Å². The highest BCUT2D eigenvalue weighted by Gasteiger charge is 2.18. The van der Waals surface area contributed by atoms with Crippen molar-refractivity contribution in [1.82, 2.24) is 14.6 Å². The average molecular weight is 315 g/mol. The van der Waals surface area contributed by atoms with Gasteiger partial charge in [0.25, 0.3) is 5.56 Å². The van der Waals surface area contributed by atoms with Gasteiger partial charge in [-0.2, -0.15) is 14.9 Å². The predicted molar refractivity (Wildman–Crippen MR) is 81.2 cm³/mol. The molecule has 0 radical (unpaired) electrons. The highest BCUT2D eigenvalue weighted by atomic mass is 35.5. The summed E-state index contributed by atoms with van der Waals surface area (Å²) in [6.45, 7) is 1.64. The minimum absolute atomic E-state index is 0.182. The second-order valence-electron chi connectivity index (χ2n) is 4.89. The van der Waals surface area contributed by atoms with Gasteiger partial charge in [0.15, 0.2) is 5.65 Å². The summed E-state index contributed by atoms with van der Waals surface area (Å²) in [5.74, 6) is -0.265. The normalized spacial score (nSPS) is 10.8. The van der Waals surface area contributed by atoms with E-state index in [-0.39, 0.29) is 29.1 Å². The largest absolute Gasteiger partial charge is 0.493 e. The van der Waals surface area contributed by atoms with Crippen molar-refractivity contribution in [1.29, 1.82) is 5.26 Å². The Bertz CT molecular complexity index is 964. The molecule has 3 aromatic rings. The zero-order valence-corrected chi connectivity index (χ0v) is 12.3. The number of aryl methyl sites for hydroxylation is 1. The van der Waals surface area contributed by atoms with Crippen LogP contribution in [0, 0.1) is 18.3 Å². The van der Waals surface area contributed by atoms with Gasteiger partial charge >= 0.3 is 0 Å². The van der Waals surface area contributed by atoms with E-state index in [1.54, 1.807) is 31.2 Å². The molecule has 110 valence electrons. The average Bonchev–Trinajstić information content (AvgIpc) is 2.81. The molecule has 0 aliphatic rings. The smallest absolute Gasteiger partial charge is 0.258 e. The van der Waals surface area contributed by atoms with Crippen molar-refractivity contribution in [2.24, 2.45) is 0 Å². The van der Waals surface area contributed by atoms with Gasteiger partial charge in [0.2, 0.25) is 5.88 Å². The standard InChI is InChI=1S/C15H11ClN4O2/c1-8-12(7-17)13-18-14(21)11(15(22)20(13)19-8)6-9-2-4-10(16)5-3-9/h2-5,22H,6H2,1H3,(H,18,21). The van der Waals surface area contributed by atoms with Crippen LogP contribution in [0.1, 0.15) is 22.4 Å². The number of aromatic amines is 1. The number of aromatic hydroxyl groups is 1. The fraction of sp³-hybridized carbons (Fsp3) is 0.133. The maximum atomic E-state index is 12.2. The third-order valence-electron chi connectivity index (χ3n) is 3.44. The first-order valence-corrected chi connectivity index (χ1v) is 6.87. The second kappa shape index (κ2) is 5.20. The molecule has 22 heavy (non-hydrogen) atoms. The molecule has 2 heterocycles. The lowest BCUT2D eigenvalue weighted by molar-refractivity contribution is 0.427. The Hall–Kier alpha value is -2.78. The molecule has 0 fully saturated rings. The molecule has 0 unspecified atom stereocenters. The van der Waals surface area contributed by atoms with Gasteiger partial charge in [-0.3, -0.25) is 4.79 Å². The number of halogens is 1. The van der Waals surface area contributed by atoms with Crippen LogP contribution < -0.4 is 5.56 Å². The van der Waals surface area contributed by atoms with E-state index in [0.717, 1.165) is 5.56 Å². The van der Waals surface area contributed by atoms with Gasteiger partial charge in [-0.15, -0.1) is 0 Å². The first kappa shape index (κ1) is 14.2. The van der Waals surface area contributed by atoms with E-state index in [9.17, 15) is 9.90 Å². The van der Waals surface area contributed by atoms with Crippen LogP contribution in [0.3, 0.4) is 0 Å². The summed E-state index contributed by atoms with van der Waals surface area (Å²) in [5.41, 5.74) is 1.44. The number of hydrogen-bond acceptors (Lipinski definition) is 4. The van der Waals surface area contributed by atoms with Gasteiger partial charge < -0.3 is 10.1 Å². The van der Waals surface area contributed by atoms with E-state index in [0.29, 0.717) is 10.7 Å². The molecule has 7 heteroatoms. The van der Waals surface area contributed by atoms with Crippen molar-refractivity contribution in [2.75, 3.05) is 0 Å². The van der Waals surface area contributed by atoms with E-state index >= 15 is 0 Å². The van der Waals surface area contributed by atoms with Crippen molar-refractivity contribution < 1.29 is 5.11 Å². The molecule has 3 rings (SSSR count). The van der Waals surface area contributed by atoms with Crippen LogP contribution in [-0.2, 0) is 6.42 Å². The Labute approximate surface area is 130 Å². The van der Waals surface area contributed by atoms with Crippen LogP contribution in [0.5, 0.6) is 5.88 Å². The molecule has 0 aliphatic carbocycles. The number of rotatable bonds is 2. The number of nitrogens with zero attached hydrogens (tertiary/aromatic N) is 3. The topological polar surface area (TPSA) is 94.2 Å². The number of fused-ring (bicyclic) bond motifs is 1. The molecule has 0 atom stereocenters. The van der Waals surface area contributed by atoms with Crippen molar-refractivity contribution in [2.45, 2.75) is 13.3 Å². The van der Waals surface area contributed by atoms with Crippen molar-refractivity contribution in [3.05, 3.63) is 62.0 Å². The molecule has 0 saturated carbocycles. The lowest BCUT2D eigenvalue weighted by atomic mass is 10.1. The lowest BCUT2D eigenvalue weighted by Crippen LogP contribution is -2.16. The predicted octanol–water partition coefficient (Wildman–Crippen LogP) is 2.15. The number of nitriles is 1. The van der Waals surface area contributed by atoms with Gasteiger partial charge in [-0.25, -0.2) is 0 Å². The Kier molecular flexibility index (Phi) is 3.35. The van der Waals surface area contributed by atoms with E-state index < -0.39 is 5.56 Å². The molecule has 1 aromatic carbocycles. The first-order chi connectivity index (χ1) is 10.5. The molecule has 0 spiro atoms. The van der Waals surface area contributed by atoms with Gasteiger partial charge in [0.1, 0.15) is 11.6 Å². The number of aromatic nitrogens is 3. The monoisotopic (exact) mass is 314 g/mol. The number of benzene rings is 1. The maximum Gasteiger partial charge on any atom is 0.258 e. The zero-order valence-electron chi connectivity index (χ0n) is 11.6. The third kappa shape index (κ3) is 2.22. The summed E-state index contributed by atoms with van der Waals surface area (Å²) < 4.78 is 1.18. The lowest BCUT2D eigenvalue weighted by Gasteiger charge is -2.06. The van der Waals surface area contributed by atoms with Crippen LogP contribution >= 0.6 is 11.6 Å². The summed E-state index contributed by atoms with van der Waals surface area (Å²) in [6, 6.07) is 8.95. The van der Waals surface area contributed by atoms with Gasteiger partial charge in [-0.05, 0) is 24.6 Å². The van der Waals surface area contributed by atoms with Crippen molar-refractivity contribution in [3.63, 3.8) is 0 Å². The minimum Gasteiger partial charge on any atom is -0.493 e. The molecular formula is C15H11ClN4O2. The Morgan fingerprint density at radius 1 is 1.41 bits per heavy atom. The quantitative estimate of drug-likeness (QED) is 0.757. The molecule has 0 saturated heterocycles. The van der Waals surface area contributed by atoms with Crippen LogP contribution in [0.25, 0.3) is 5.65 Å². The Morgan fingerprint density at radius 2 is 2.09 bits per heavy atom. The fourth-order valence-corrected chi connectivity index (χ4v) is 2.43. The highest BCUT2D eigenvalue weighted by molar-refractivity contribution is 6.30. The minimum atomic E-state index is -0.448. The van der Waals surface area contributed by atoms with E-state index in [2.05, 4.69) is 10.1 Å². The van der Waals surface area contributed by atoms with Crippen LogP contribution in [0.15, 0.2) is 29.1 Å². The summed E-state index contributed by atoms with van der Waals surface area (Å²) in [6.07, 6.45) is 0.231. The molecule has 2 N–H and O–H groups in total. The molecule has 0 aliphatic heterocycles. The number of hydrogen-bond donors (Lipinski definition) is 2. The zero-order chi connectivity index (χ0) is 15.9. The number of H-pyrrole nitrogens is 1. The first-order valence-electron chi connectivity index (χ1n) is 6.49. The Morgan fingerprint density at radius 3 is 2.73 bits per heavy atom. The summed E-state index contributed by atoms with van der Waals surface area (Å²) in [4.78, 5) is 14.8. The highest BCUT2D eigenvalue weighted by Crippen LogP contribution is 2.21. The third-order valence-corrected chi connectivity index (χ3v) is 3.69. The van der Waals surface area contributed by atoms with Crippen LogP contribution in [0.2, 0.25) is 5.02 Å². The number of nitrogens with one attached hydrogen (secondary N) is 1. The molecule has 0 amide bonds. The van der Waals surface area contributed by atoms with E-state index in [1.165, 1.54) is 4.52 Å². The van der Waals surface area contributed by atoms with Crippen molar-refractivity contribution >= 4 is 17.2 Å². The van der Waals surface area contributed by atoms with Crippen LogP contribution in [-0.4, -0.2) is 19.7 Å². The van der Waals surface area contributed by atoms with E-state index in [1.807, 2.05) is 6.07 Å². The molecular weight excluding hydrogens is 304 g/mol. The van der Waals surface area contributed by atoms with Gasteiger partial charge in [-0.1, -0.05) is 23.7 Å². The van der Waals surface area contributed by atoms with Gasteiger partial charge in [0.05, 0.1) is 11.3 Å². The van der Waals surface area contributed by atoms with Crippen molar-refractivity contribution in [3.8, 4) is 11.9 Å². The Balaban J connectivity index is 2.17.